The van der Waals surface area contributed by atoms with Crippen LogP contribution in [0.25, 0.3) is 5.69 Å². The van der Waals surface area contributed by atoms with E-state index in [2.05, 4.69) is 20.4 Å². The Morgan fingerprint density at radius 3 is 2.40 bits per heavy atom. The molecule has 0 atom stereocenters. The molecule has 0 aliphatic rings. The zero-order chi connectivity index (χ0) is 21.5. The van der Waals surface area contributed by atoms with Gasteiger partial charge in [-0.05, 0) is 49.7 Å². The average Bonchev–Trinajstić information content (AvgIpc) is 3.05. The lowest BCUT2D eigenvalue weighted by molar-refractivity contribution is -0.139. The monoisotopic (exact) mass is 404 g/mol. The third kappa shape index (κ3) is 4.94. The van der Waals surface area contributed by atoms with Crippen LogP contribution < -0.4 is 15.5 Å². The van der Waals surface area contributed by atoms with Crippen LogP contribution in [-0.2, 0) is 16.1 Å². The molecule has 2 N–H and O–H groups in total. The van der Waals surface area contributed by atoms with Gasteiger partial charge in [0.25, 0.3) is 0 Å². The number of nitrogens with zero attached hydrogens (tertiary/aromatic N) is 2. The number of methoxy groups -OCH3 is 1. The maximum absolute atomic E-state index is 12.0. The van der Waals surface area contributed by atoms with E-state index in [1.807, 2.05) is 62.4 Å². The Morgan fingerprint density at radius 2 is 1.73 bits per heavy atom. The van der Waals surface area contributed by atoms with Crippen molar-refractivity contribution in [1.29, 1.82) is 0 Å². The number of ether oxygens (including phenoxy) is 1. The molecule has 3 aromatic rings. The van der Waals surface area contributed by atoms with Gasteiger partial charge in [-0.25, -0.2) is 5.43 Å². The molecule has 3 rings (SSSR count). The number of hydrogen-bond acceptors (Lipinski definition) is 4. The Hall–Kier alpha value is -3.87. The molecule has 7 heteroatoms. The van der Waals surface area contributed by atoms with Gasteiger partial charge in [0.15, 0.2) is 0 Å². The fraction of sp³-hybridized carbons (Fsp3) is 0.174. The van der Waals surface area contributed by atoms with E-state index in [9.17, 15) is 9.59 Å². The predicted molar refractivity (Wildman–Crippen MR) is 116 cm³/mol. The number of carbonyl (C=O) groups excluding carboxylic acids is 2. The smallest absolute Gasteiger partial charge is 0.329 e. The number of aryl methyl sites for hydroxylation is 1. The zero-order valence-corrected chi connectivity index (χ0v) is 17.2. The van der Waals surface area contributed by atoms with Crippen LogP contribution in [-0.4, -0.2) is 29.7 Å². The highest BCUT2D eigenvalue weighted by atomic mass is 16.5. The molecule has 30 heavy (non-hydrogen) atoms. The summed E-state index contributed by atoms with van der Waals surface area (Å²) in [6, 6.07) is 19.2. The fourth-order valence-corrected chi connectivity index (χ4v) is 3.11. The first-order valence-corrected chi connectivity index (χ1v) is 9.48. The third-order valence-corrected chi connectivity index (χ3v) is 4.67. The van der Waals surface area contributed by atoms with Crippen molar-refractivity contribution in [3.63, 3.8) is 0 Å². The maximum atomic E-state index is 12.0. The summed E-state index contributed by atoms with van der Waals surface area (Å²) in [5.74, 6) is -0.849. The number of hydrogen-bond donors (Lipinski definition) is 2. The van der Waals surface area contributed by atoms with Gasteiger partial charge in [-0.3, -0.25) is 9.59 Å². The maximum Gasteiger partial charge on any atom is 0.329 e. The Bertz CT molecular complexity index is 1050. The molecule has 0 fully saturated rings. The van der Waals surface area contributed by atoms with E-state index in [0.717, 1.165) is 34.0 Å². The van der Waals surface area contributed by atoms with Gasteiger partial charge in [0.2, 0.25) is 0 Å². The summed E-state index contributed by atoms with van der Waals surface area (Å²) in [6.45, 7) is 4.21. The quantitative estimate of drug-likeness (QED) is 0.376. The van der Waals surface area contributed by atoms with Gasteiger partial charge >= 0.3 is 11.8 Å². The van der Waals surface area contributed by atoms with Crippen LogP contribution >= 0.6 is 0 Å². The number of aromatic nitrogens is 1. The van der Waals surface area contributed by atoms with Crippen molar-refractivity contribution < 1.29 is 14.3 Å². The topological polar surface area (TPSA) is 84.7 Å². The first kappa shape index (κ1) is 20.9. The molecule has 0 saturated heterocycles. The van der Waals surface area contributed by atoms with Gasteiger partial charge < -0.3 is 14.6 Å². The summed E-state index contributed by atoms with van der Waals surface area (Å²) in [4.78, 5) is 23.9. The normalized spacial score (nSPS) is 10.8. The van der Waals surface area contributed by atoms with Crippen LogP contribution in [0.4, 0.5) is 0 Å². The summed E-state index contributed by atoms with van der Waals surface area (Å²) in [7, 11) is 1.58. The van der Waals surface area contributed by atoms with E-state index in [-0.39, 0.29) is 6.54 Å². The van der Waals surface area contributed by atoms with E-state index in [1.165, 1.54) is 6.21 Å². The number of benzene rings is 2. The molecule has 154 valence electrons. The van der Waals surface area contributed by atoms with Crippen LogP contribution in [0.3, 0.4) is 0 Å². The first-order chi connectivity index (χ1) is 14.5. The van der Waals surface area contributed by atoms with Gasteiger partial charge in [0.05, 0.1) is 13.3 Å². The van der Waals surface area contributed by atoms with Crippen LogP contribution in [0.5, 0.6) is 5.75 Å². The summed E-state index contributed by atoms with van der Waals surface area (Å²) < 4.78 is 7.19. The number of para-hydroxylation sites is 1. The first-order valence-electron chi connectivity index (χ1n) is 9.48. The van der Waals surface area contributed by atoms with E-state index in [1.54, 1.807) is 19.2 Å². The second kappa shape index (κ2) is 9.56. The van der Waals surface area contributed by atoms with Crippen molar-refractivity contribution in [2.75, 3.05) is 7.11 Å². The number of carbonyl (C=O) groups is 2. The molecule has 0 bridgehead atoms. The van der Waals surface area contributed by atoms with E-state index >= 15 is 0 Å². The molecular formula is C23H24N4O3. The molecule has 0 aliphatic carbocycles. The highest BCUT2D eigenvalue weighted by Crippen LogP contribution is 2.19. The van der Waals surface area contributed by atoms with Gasteiger partial charge in [-0.15, -0.1) is 0 Å². The van der Waals surface area contributed by atoms with Crippen molar-refractivity contribution in [3.8, 4) is 11.4 Å². The van der Waals surface area contributed by atoms with Crippen molar-refractivity contribution in [1.82, 2.24) is 15.3 Å². The summed E-state index contributed by atoms with van der Waals surface area (Å²) in [6.07, 6.45) is 1.54. The van der Waals surface area contributed by atoms with E-state index < -0.39 is 11.8 Å². The molecule has 0 unspecified atom stereocenters. The predicted octanol–water partition coefficient (Wildman–Crippen LogP) is 2.87. The van der Waals surface area contributed by atoms with Gasteiger partial charge in [-0.2, -0.15) is 5.10 Å². The minimum Gasteiger partial charge on any atom is -0.497 e. The van der Waals surface area contributed by atoms with Gasteiger partial charge in [0.1, 0.15) is 5.75 Å². The minimum absolute atomic E-state index is 0.234. The molecule has 2 aromatic carbocycles. The van der Waals surface area contributed by atoms with E-state index in [4.69, 9.17) is 4.74 Å². The Balaban J connectivity index is 1.57. The second-order valence-corrected chi connectivity index (χ2v) is 6.73. The standard InChI is InChI=1S/C23H24N4O3/c1-16-13-19(17(2)27(16)20-7-5-4-6-8-20)15-25-26-23(29)22(28)24-14-18-9-11-21(30-3)12-10-18/h4-13,15H,14H2,1-3H3,(H,24,28)(H,26,29)/b25-15-. The third-order valence-electron chi connectivity index (χ3n) is 4.67. The molecule has 1 aromatic heterocycles. The van der Waals surface area contributed by atoms with E-state index in [0.29, 0.717) is 0 Å². The molecular weight excluding hydrogens is 380 g/mol. The minimum atomic E-state index is -0.823. The number of rotatable bonds is 6. The Kier molecular flexibility index (Phi) is 6.64. The highest BCUT2D eigenvalue weighted by Gasteiger charge is 2.13. The number of amides is 2. The molecule has 7 nitrogen and oxygen atoms in total. The van der Waals surface area contributed by atoms with Crippen LogP contribution in [0, 0.1) is 13.8 Å². The summed E-state index contributed by atoms with van der Waals surface area (Å²) >= 11 is 0. The van der Waals surface area contributed by atoms with Crippen molar-refractivity contribution in [3.05, 3.63) is 83.2 Å². The SMILES string of the molecule is COc1ccc(CNC(=O)C(=O)N/N=C\c2cc(C)n(-c3ccccc3)c2C)cc1. The molecule has 1 heterocycles. The van der Waals surface area contributed by atoms with Gasteiger partial charge in [0, 0.05) is 29.2 Å². The number of hydrazone groups is 1. The van der Waals surface area contributed by atoms with Crippen molar-refractivity contribution in [2.24, 2.45) is 5.10 Å². The largest absolute Gasteiger partial charge is 0.497 e. The average molecular weight is 404 g/mol. The fourth-order valence-electron chi connectivity index (χ4n) is 3.11. The zero-order valence-electron chi connectivity index (χ0n) is 17.2. The van der Waals surface area contributed by atoms with Crippen LogP contribution in [0.2, 0.25) is 0 Å². The molecule has 2 amide bonds. The molecule has 0 aliphatic heterocycles. The summed E-state index contributed by atoms with van der Waals surface area (Å²) in [5, 5.41) is 6.50. The number of nitrogens with one attached hydrogen (secondary N) is 2. The highest BCUT2D eigenvalue weighted by molar-refractivity contribution is 6.35. The second-order valence-electron chi connectivity index (χ2n) is 6.73. The van der Waals surface area contributed by atoms with Crippen LogP contribution in [0.15, 0.2) is 65.8 Å². The van der Waals surface area contributed by atoms with Crippen LogP contribution in [0.1, 0.15) is 22.5 Å². The lowest BCUT2D eigenvalue weighted by atomic mass is 10.2. The lowest BCUT2D eigenvalue weighted by Gasteiger charge is -2.09. The van der Waals surface area contributed by atoms with Crippen molar-refractivity contribution >= 4 is 18.0 Å². The Labute approximate surface area is 175 Å². The Morgan fingerprint density at radius 1 is 1.03 bits per heavy atom. The molecule has 0 saturated carbocycles. The van der Waals surface area contributed by atoms with Crippen molar-refractivity contribution in [2.45, 2.75) is 20.4 Å². The van der Waals surface area contributed by atoms with Gasteiger partial charge in [-0.1, -0.05) is 30.3 Å². The lowest BCUT2D eigenvalue weighted by Crippen LogP contribution is -2.37. The summed E-state index contributed by atoms with van der Waals surface area (Å²) in [5.41, 5.74) is 7.06. The molecule has 0 radical (unpaired) electrons. The molecule has 0 spiro atoms.